The molecule has 0 aliphatic heterocycles. The predicted molar refractivity (Wildman–Crippen MR) is 93.1 cm³/mol. The van der Waals surface area contributed by atoms with E-state index in [1.165, 1.54) is 42.5 Å². The average molecular weight is 376 g/mol. The van der Waals surface area contributed by atoms with Gasteiger partial charge in [0.1, 0.15) is 0 Å². The fraction of sp³-hybridized carbons (Fsp3) is 0.222. The molecular weight excluding hydrogens is 359 g/mol. The fourth-order valence-electron chi connectivity index (χ4n) is 2.13. The molecule has 0 unspecified atom stereocenters. The molecule has 26 heavy (non-hydrogen) atoms. The SMILES string of the molecule is N#Cc1ccc(CS(=O)(=O)NC(=O)CCCOc2ccccc2F)cc1. The van der Waals surface area contributed by atoms with Gasteiger partial charge in [-0.15, -0.1) is 0 Å². The van der Waals surface area contributed by atoms with E-state index in [4.69, 9.17) is 10.00 Å². The van der Waals surface area contributed by atoms with Crippen molar-refractivity contribution >= 4 is 15.9 Å². The summed E-state index contributed by atoms with van der Waals surface area (Å²) in [7, 11) is -3.83. The summed E-state index contributed by atoms with van der Waals surface area (Å²) < 4.78 is 44.5. The zero-order chi connectivity index (χ0) is 19.0. The Labute approximate surface area is 151 Å². The van der Waals surface area contributed by atoms with E-state index < -0.39 is 21.7 Å². The van der Waals surface area contributed by atoms with E-state index in [9.17, 15) is 17.6 Å². The first-order chi connectivity index (χ1) is 12.4. The summed E-state index contributed by atoms with van der Waals surface area (Å²) in [4.78, 5) is 11.8. The molecule has 136 valence electrons. The molecule has 0 bridgehead atoms. The molecule has 0 radical (unpaired) electrons. The van der Waals surface area contributed by atoms with Gasteiger partial charge in [0.2, 0.25) is 15.9 Å². The molecule has 0 heterocycles. The molecule has 0 aliphatic carbocycles. The van der Waals surface area contributed by atoms with Gasteiger partial charge >= 0.3 is 0 Å². The van der Waals surface area contributed by atoms with Gasteiger partial charge in [-0.05, 0) is 36.2 Å². The number of ether oxygens (including phenoxy) is 1. The van der Waals surface area contributed by atoms with E-state index in [2.05, 4.69) is 0 Å². The number of nitriles is 1. The van der Waals surface area contributed by atoms with Gasteiger partial charge in [0.15, 0.2) is 11.6 Å². The number of halogens is 1. The maximum Gasteiger partial charge on any atom is 0.239 e. The third-order valence-electron chi connectivity index (χ3n) is 3.35. The quantitative estimate of drug-likeness (QED) is 0.714. The van der Waals surface area contributed by atoms with Crippen LogP contribution in [0.3, 0.4) is 0 Å². The Hall–Kier alpha value is -2.92. The highest BCUT2D eigenvalue weighted by atomic mass is 32.2. The number of hydrogen-bond donors (Lipinski definition) is 1. The zero-order valence-electron chi connectivity index (χ0n) is 13.8. The second kappa shape index (κ2) is 8.97. The van der Waals surface area contributed by atoms with Gasteiger partial charge in [-0.1, -0.05) is 24.3 Å². The first kappa shape index (κ1) is 19.4. The van der Waals surface area contributed by atoms with Crippen molar-refractivity contribution in [1.29, 1.82) is 5.26 Å². The summed E-state index contributed by atoms with van der Waals surface area (Å²) in [5.74, 6) is -1.44. The summed E-state index contributed by atoms with van der Waals surface area (Å²) >= 11 is 0. The van der Waals surface area contributed by atoms with E-state index in [1.54, 1.807) is 6.07 Å². The van der Waals surface area contributed by atoms with Crippen LogP contribution in [0.25, 0.3) is 0 Å². The van der Waals surface area contributed by atoms with E-state index in [-0.39, 0.29) is 31.0 Å². The van der Waals surface area contributed by atoms with Crippen LogP contribution >= 0.6 is 0 Å². The molecule has 1 N–H and O–H groups in total. The number of benzene rings is 2. The zero-order valence-corrected chi connectivity index (χ0v) is 14.6. The minimum atomic E-state index is -3.83. The summed E-state index contributed by atoms with van der Waals surface area (Å²) in [6.07, 6.45) is 0.174. The van der Waals surface area contributed by atoms with Crippen LogP contribution in [-0.2, 0) is 20.6 Å². The number of para-hydroxylation sites is 1. The summed E-state index contributed by atoms with van der Waals surface area (Å²) in [6.45, 7) is 0.0873. The number of carbonyl (C=O) groups excluding carboxylic acids is 1. The lowest BCUT2D eigenvalue weighted by Gasteiger charge is -2.08. The Morgan fingerprint density at radius 2 is 1.85 bits per heavy atom. The standard InChI is InChI=1S/C18H17FN2O4S/c19-16-4-1-2-5-17(16)25-11-3-6-18(22)21-26(23,24)13-15-9-7-14(12-20)8-10-15/h1-2,4-5,7-10H,3,6,11,13H2,(H,21,22). The third kappa shape index (κ3) is 6.18. The summed E-state index contributed by atoms with van der Waals surface area (Å²) in [5, 5.41) is 8.71. The van der Waals surface area contributed by atoms with E-state index in [1.807, 2.05) is 10.8 Å². The molecule has 0 saturated heterocycles. The molecule has 0 aromatic heterocycles. The van der Waals surface area contributed by atoms with Gasteiger partial charge in [0.05, 0.1) is 24.0 Å². The van der Waals surface area contributed by atoms with Gasteiger partial charge in [-0.3, -0.25) is 9.52 Å². The molecule has 2 aromatic carbocycles. The lowest BCUT2D eigenvalue weighted by molar-refractivity contribution is -0.119. The molecular formula is C18H17FN2O4S. The van der Waals surface area contributed by atoms with Crippen LogP contribution in [0.5, 0.6) is 5.75 Å². The molecule has 1 amide bonds. The van der Waals surface area contributed by atoms with Gasteiger partial charge in [-0.25, -0.2) is 12.8 Å². The molecule has 0 aliphatic rings. The van der Waals surface area contributed by atoms with Crippen LogP contribution in [-0.4, -0.2) is 20.9 Å². The van der Waals surface area contributed by atoms with Crippen LogP contribution in [0.2, 0.25) is 0 Å². The molecule has 2 rings (SSSR count). The Morgan fingerprint density at radius 3 is 2.50 bits per heavy atom. The largest absolute Gasteiger partial charge is 0.491 e. The van der Waals surface area contributed by atoms with Crippen molar-refractivity contribution in [1.82, 2.24) is 4.72 Å². The number of carbonyl (C=O) groups is 1. The van der Waals surface area contributed by atoms with E-state index in [0.717, 1.165) is 0 Å². The Morgan fingerprint density at radius 1 is 1.15 bits per heavy atom. The smallest absolute Gasteiger partial charge is 0.239 e. The Bertz CT molecular complexity index is 906. The van der Waals surface area contributed by atoms with Crippen molar-refractivity contribution in [3.05, 3.63) is 65.5 Å². The Balaban J connectivity index is 1.77. The number of nitrogens with one attached hydrogen (secondary N) is 1. The topological polar surface area (TPSA) is 96.3 Å². The van der Waals surface area contributed by atoms with Crippen LogP contribution in [0.1, 0.15) is 24.0 Å². The van der Waals surface area contributed by atoms with E-state index in [0.29, 0.717) is 11.1 Å². The van der Waals surface area contributed by atoms with Crippen LogP contribution in [0.15, 0.2) is 48.5 Å². The molecule has 0 saturated carbocycles. The number of amides is 1. The van der Waals surface area contributed by atoms with Crippen molar-refractivity contribution < 1.29 is 22.3 Å². The second-order valence-corrected chi connectivity index (χ2v) is 7.20. The number of hydrogen-bond acceptors (Lipinski definition) is 5. The Kier molecular flexibility index (Phi) is 6.69. The molecule has 0 fully saturated rings. The minimum absolute atomic E-state index is 0.0684. The lowest BCUT2D eigenvalue weighted by atomic mass is 10.2. The first-order valence-electron chi connectivity index (χ1n) is 7.79. The van der Waals surface area contributed by atoms with Gasteiger partial charge < -0.3 is 4.74 Å². The van der Waals surface area contributed by atoms with Crippen LogP contribution in [0.4, 0.5) is 4.39 Å². The maximum absolute atomic E-state index is 13.4. The summed E-state index contributed by atoms with van der Waals surface area (Å²) in [5.41, 5.74) is 0.886. The predicted octanol–water partition coefficient (Wildman–Crippen LogP) is 2.50. The maximum atomic E-state index is 13.4. The average Bonchev–Trinajstić information content (AvgIpc) is 2.60. The normalized spacial score (nSPS) is 10.8. The monoisotopic (exact) mass is 376 g/mol. The molecule has 8 heteroatoms. The lowest BCUT2D eigenvalue weighted by Crippen LogP contribution is -2.31. The van der Waals surface area contributed by atoms with Gasteiger partial charge in [0, 0.05) is 6.42 Å². The second-order valence-electron chi connectivity index (χ2n) is 5.48. The minimum Gasteiger partial charge on any atom is -0.491 e. The van der Waals surface area contributed by atoms with Crippen molar-refractivity contribution in [3.63, 3.8) is 0 Å². The highest BCUT2D eigenvalue weighted by Gasteiger charge is 2.15. The molecule has 2 aromatic rings. The van der Waals surface area contributed by atoms with Crippen molar-refractivity contribution in [3.8, 4) is 11.8 Å². The molecule has 0 spiro atoms. The molecule has 0 atom stereocenters. The van der Waals surface area contributed by atoms with Crippen molar-refractivity contribution in [2.24, 2.45) is 0 Å². The third-order valence-corrected chi connectivity index (χ3v) is 4.60. The summed E-state index contributed by atoms with van der Waals surface area (Å²) in [6, 6.07) is 13.9. The van der Waals surface area contributed by atoms with Crippen LogP contribution in [0, 0.1) is 17.1 Å². The highest BCUT2D eigenvalue weighted by molar-refractivity contribution is 7.89. The first-order valence-corrected chi connectivity index (χ1v) is 9.44. The van der Waals surface area contributed by atoms with Crippen molar-refractivity contribution in [2.45, 2.75) is 18.6 Å². The number of nitrogens with zero attached hydrogens (tertiary/aromatic N) is 1. The highest BCUT2D eigenvalue weighted by Crippen LogP contribution is 2.15. The van der Waals surface area contributed by atoms with Gasteiger partial charge in [0.25, 0.3) is 0 Å². The molecule has 6 nitrogen and oxygen atoms in total. The fourth-order valence-corrected chi connectivity index (χ4v) is 3.28. The number of sulfonamides is 1. The number of rotatable bonds is 8. The van der Waals surface area contributed by atoms with Gasteiger partial charge in [-0.2, -0.15) is 5.26 Å². The van der Waals surface area contributed by atoms with Crippen molar-refractivity contribution in [2.75, 3.05) is 6.61 Å². The van der Waals surface area contributed by atoms with Crippen LogP contribution < -0.4 is 9.46 Å². The van der Waals surface area contributed by atoms with E-state index >= 15 is 0 Å².